The Bertz CT molecular complexity index is 779. The first-order valence-electron chi connectivity index (χ1n) is 7.66. The van der Waals surface area contributed by atoms with E-state index in [1.165, 1.54) is 0 Å². The van der Waals surface area contributed by atoms with Gasteiger partial charge >= 0.3 is 0 Å². The molecule has 4 nitrogen and oxygen atoms in total. The molecule has 0 spiro atoms. The second kappa shape index (κ2) is 5.99. The average molecular weight is 298 g/mol. The third-order valence-electron chi connectivity index (χ3n) is 4.16. The molecule has 2 aromatic carbocycles. The Morgan fingerprint density at radius 1 is 1.09 bits per heavy atom. The topological polar surface area (TPSA) is 71.3 Å². The summed E-state index contributed by atoms with van der Waals surface area (Å²) in [5.74, 6) is 0.849. The number of aromatic amines is 1. The molecular formula is C18H22N2O2. The van der Waals surface area contributed by atoms with Gasteiger partial charge in [-0.25, -0.2) is 0 Å². The molecule has 0 saturated carbocycles. The lowest BCUT2D eigenvalue weighted by Crippen LogP contribution is -2.39. The zero-order valence-electron chi connectivity index (χ0n) is 12.9. The van der Waals surface area contributed by atoms with Crippen molar-refractivity contribution < 1.29 is 9.84 Å². The predicted octanol–water partition coefficient (Wildman–Crippen LogP) is 3.04. The van der Waals surface area contributed by atoms with Crippen molar-refractivity contribution in [1.82, 2.24) is 4.98 Å². The van der Waals surface area contributed by atoms with Crippen LogP contribution in [-0.4, -0.2) is 28.8 Å². The van der Waals surface area contributed by atoms with E-state index in [9.17, 15) is 5.11 Å². The van der Waals surface area contributed by atoms with Gasteiger partial charge in [-0.2, -0.15) is 0 Å². The van der Waals surface area contributed by atoms with E-state index in [1.807, 2.05) is 43.3 Å². The van der Waals surface area contributed by atoms with Crippen LogP contribution in [0.3, 0.4) is 0 Å². The summed E-state index contributed by atoms with van der Waals surface area (Å²) in [4.78, 5) is 3.40. The summed E-state index contributed by atoms with van der Waals surface area (Å²) in [6.45, 7) is 4.21. The monoisotopic (exact) mass is 298 g/mol. The van der Waals surface area contributed by atoms with Crippen LogP contribution < -0.4 is 10.5 Å². The lowest BCUT2D eigenvalue weighted by atomic mass is 10.0. The van der Waals surface area contributed by atoms with Gasteiger partial charge in [0, 0.05) is 22.2 Å². The van der Waals surface area contributed by atoms with E-state index in [-0.39, 0.29) is 12.0 Å². The van der Waals surface area contributed by atoms with Crippen molar-refractivity contribution in [3.8, 4) is 5.75 Å². The Hall–Kier alpha value is -2.04. The van der Waals surface area contributed by atoms with Gasteiger partial charge in [0.1, 0.15) is 11.9 Å². The van der Waals surface area contributed by atoms with E-state index in [0.29, 0.717) is 6.54 Å². The van der Waals surface area contributed by atoms with Crippen molar-refractivity contribution in [3.05, 3.63) is 42.5 Å². The summed E-state index contributed by atoms with van der Waals surface area (Å²) >= 11 is 0. The molecule has 4 N–H and O–H groups in total. The number of nitrogens with one attached hydrogen (secondary N) is 1. The number of aliphatic hydroxyl groups is 1. The molecule has 1 aromatic heterocycles. The van der Waals surface area contributed by atoms with Crippen molar-refractivity contribution in [1.29, 1.82) is 0 Å². The number of fused-ring (bicyclic) bond motifs is 3. The summed E-state index contributed by atoms with van der Waals surface area (Å²) in [7, 11) is 0. The minimum atomic E-state index is -0.584. The third-order valence-corrected chi connectivity index (χ3v) is 4.16. The van der Waals surface area contributed by atoms with Crippen LogP contribution in [0.15, 0.2) is 42.5 Å². The van der Waals surface area contributed by atoms with Crippen molar-refractivity contribution in [3.63, 3.8) is 0 Å². The van der Waals surface area contributed by atoms with Crippen LogP contribution in [0.2, 0.25) is 0 Å². The molecule has 0 radical (unpaired) electrons. The minimum absolute atomic E-state index is 0.0699. The smallest absolute Gasteiger partial charge is 0.129 e. The van der Waals surface area contributed by atoms with E-state index in [4.69, 9.17) is 10.5 Å². The zero-order valence-corrected chi connectivity index (χ0v) is 12.9. The molecule has 3 unspecified atom stereocenters. The highest BCUT2D eigenvalue weighted by Gasteiger charge is 2.24. The quantitative estimate of drug-likeness (QED) is 0.678. The molecule has 3 aromatic rings. The first-order chi connectivity index (χ1) is 10.6. The molecule has 0 aliphatic carbocycles. The number of hydrogen-bond donors (Lipinski definition) is 3. The third kappa shape index (κ3) is 2.56. The van der Waals surface area contributed by atoms with Crippen LogP contribution in [0, 0.1) is 5.92 Å². The largest absolute Gasteiger partial charge is 0.487 e. The first kappa shape index (κ1) is 14.9. The molecule has 4 heteroatoms. The molecule has 116 valence electrons. The maximum atomic E-state index is 10.0. The lowest BCUT2D eigenvalue weighted by Gasteiger charge is -2.27. The summed E-state index contributed by atoms with van der Waals surface area (Å²) in [6, 6.07) is 14.1. The SMILES string of the molecule is CC(O)C(Oc1cccc2[nH]c3ccccc3c12)C(C)CN. The zero-order chi connectivity index (χ0) is 15.7. The summed E-state index contributed by atoms with van der Waals surface area (Å²) in [5.41, 5.74) is 7.86. The fraction of sp³-hybridized carbons (Fsp3) is 0.333. The number of para-hydroxylation sites is 1. The van der Waals surface area contributed by atoms with Gasteiger partial charge in [0.05, 0.1) is 11.6 Å². The van der Waals surface area contributed by atoms with Gasteiger partial charge in [-0.15, -0.1) is 0 Å². The van der Waals surface area contributed by atoms with E-state index < -0.39 is 6.10 Å². The van der Waals surface area contributed by atoms with Crippen LogP contribution in [-0.2, 0) is 0 Å². The number of hydrogen-bond acceptors (Lipinski definition) is 3. The number of rotatable bonds is 5. The normalized spacial score (nSPS) is 15.8. The molecular weight excluding hydrogens is 276 g/mol. The van der Waals surface area contributed by atoms with Gasteiger partial charge in [0.2, 0.25) is 0 Å². The molecule has 0 fully saturated rings. The second-order valence-corrected chi connectivity index (χ2v) is 5.89. The number of aromatic nitrogens is 1. The van der Waals surface area contributed by atoms with Gasteiger partial charge in [0.15, 0.2) is 0 Å². The van der Waals surface area contributed by atoms with Crippen molar-refractivity contribution in [2.24, 2.45) is 11.7 Å². The van der Waals surface area contributed by atoms with Crippen molar-refractivity contribution >= 4 is 21.8 Å². The molecule has 0 aliphatic rings. The van der Waals surface area contributed by atoms with Gasteiger partial charge in [-0.1, -0.05) is 31.2 Å². The number of ether oxygens (including phenoxy) is 1. The van der Waals surface area contributed by atoms with Gasteiger partial charge in [-0.05, 0) is 31.7 Å². The molecule has 3 rings (SSSR count). The first-order valence-corrected chi connectivity index (χ1v) is 7.66. The molecule has 3 atom stereocenters. The van der Waals surface area contributed by atoms with Crippen LogP contribution in [0.4, 0.5) is 0 Å². The van der Waals surface area contributed by atoms with E-state index >= 15 is 0 Å². The van der Waals surface area contributed by atoms with Crippen LogP contribution >= 0.6 is 0 Å². The van der Waals surface area contributed by atoms with Gasteiger partial charge in [0.25, 0.3) is 0 Å². The fourth-order valence-corrected chi connectivity index (χ4v) is 2.94. The molecule has 0 aliphatic heterocycles. The highest BCUT2D eigenvalue weighted by molar-refractivity contribution is 6.10. The average Bonchev–Trinajstić information content (AvgIpc) is 2.90. The number of benzene rings is 2. The Morgan fingerprint density at radius 3 is 2.55 bits per heavy atom. The Balaban J connectivity index is 2.10. The molecule has 0 saturated heterocycles. The molecule has 0 amide bonds. The molecule has 22 heavy (non-hydrogen) atoms. The number of nitrogens with two attached hydrogens (primary N) is 1. The summed E-state index contributed by atoms with van der Waals surface area (Å²) < 4.78 is 6.16. The summed E-state index contributed by atoms with van der Waals surface area (Å²) in [6.07, 6.45) is -0.914. The van der Waals surface area contributed by atoms with Crippen LogP contribution in [0.25, 0.3) is 21.8 Å². The number of H-pyrrole nitrogens is 1. The predicted molar refractivity (Wildman–Crippen MR) is 90.1 cm³/mol. The Labute approximate surface area is 129 Å². The van der Waals surface area contributed by atoms with E-state index in [0.717, 1.165) is 27.6 Å². The van der Waals surface area contributed by atoms with E-state index in [1.54, 1.807) is 6.92 Å². The van der Waals surface area contributed by atoms with Gasteiger partial charge < -0.3 is 20.6 Å². The molecule has 1 heterocycles. The number of aliphatic hydroxyl groups excluding tert-OH is 1. The van der Waals surface area contributed by atoms with Crippen molar-refractivity contribution in [2.75, 3.05) is 6.54 Å². The maximum Gasteiger partial charge on any atom is 0.129 e. The Morgan fingerprint density at radius 2 is 1.82 bits per heavy atom. The van der Waals surface area contributed by atoms with Crippen LogP contribution in [0.5, 0.6) is 5.75 Å². The highest BCUT2D eigenvalue weighted by Crippen LogP contribution is 2.34. The minimum Gasteiger partial charge on any atom is -0.487 e. The highest BCUT2D eigenvalue weighted by atomic mass is 16.5. The standard InChI is InChI=1S/C18H22N2O2/c1-11(10-19)18(12(2)21)22-16-9-5-8-15-17(16)13-6-3-4-7-14(13)20-15/h3-9,11-12,18,20-21H,10,19H2,1-2H3. The fourth-order valence-electron chi connectivity index (χ4n) is 2.94. The summed E-state index contributed by atoms with van der Waals surface area (Å²) in [5, 5.41) is 12.2. The Kier molecular flexibility index (Phi) is 4.05. The van der Waals surface area contributed by atoms with E-state index in [2.05, 4.69) is 11.1 Å². The van der Waals surface area contributed by atoms with Crippen LogP contribution in [0.1, 0.15) is 13.8 Å². The molecule has 0 bridgehead atoms. The second-order valence-electron chi connectivity index (χ2n) is 5.89. The lowest BCUT2D eigenvalue weighted by molar-refractivity contribution is 0.0188. The van der Waals surface area contributed by atoms with Crippen molar-refractivity contribution in [2.45, 2.75) is 26.1 Å². The maximum absolute atomic E-state index is 10.0. The van der Waals surface area contributed by atoms with Gasteiger partial charge in [-0.3, -0.25) is 0 Å².